The Labute approximate surface area is 174 Å². The molecular formula is C23H23N3O4. The number of aromatic nitrogens is 1. The zero-order valence-corrected chi connectivity index (χ0v) is 17.0. The van der Waals surface area contributed by atoms with E-state index in [0.29, 0.717) is 12.2 Å². The monoisotopic (exact) mass is 405 g/mol. The molecule has 1 heterocycles. The molecule has 3 aromatic rings. The lowest BCUT2D eigenvalue weighted by atomic mass is 10.2. The Morgan fingerprint density at radius 2 is 1.90 bits per heavy atom. The van der Waals surface area contributed by atoms with Gasteiger partial charge in [0.05, 0.1) is 23.9 Å². The van der Waals surface area contributed by atoms with E-state index in [1.807, 2.05) is 30.5 Å². The van der Waals surface area contributed by atoms with Crippen LogP contribution in [0.2, 0.25) is 0 Å². The first-order valence-electron chi connectivity index (χ1n) is 9.50. The van der Waals surface area contributed by atoms with Crippen molar-refractivity contribution in [3.05, 3.63) is 82.7 Å². The molecule has 0 aliphatic carbocycles. The zero-order chi connectivity index (χ0) is 21.7. The first kappa shape index (κ1) is 20.9. The maximum atomic E-state index is 12.2. The molecule has 0 saturated heterocycles. The molecule has 1 amide bonds. The van der Waals surface area contributed by atoms with Crippen LogP contribution in [0.4, 0.5) is 0 Å². The number of hydrogen-bond acceptors (Lipinski definition) is 5. The Kier molecular flexibility index (Phi) is 6.32. The van der Waals surface area contributed by atoms with Gasteiger partial charge in [-0.2, -0.15) is 5.10 Å². The summed E-state index contributed by atoms with van der Waals surface area (Å²) in [6.45, 7) is 5.96. The van der Waals surface area contributed by atoms with E-state index >= 15 is 0 Å². The number of benzene rings is 2. The number of rotatable bonds is 6. The van der Waals surface area contributed by atoms with Crippen LogP contribution in [0, 0.1) is 13.8 Å². The standard InChI is InChI=1S/C23H23N3O4/c1-4-30-23(29)17-8-7-9-19(13-17)26-15(2)12-18(16(26)3)14-24-25-22(28)20-10-5-6-11-21(20)27/h5-14,27H,4H2,1-3H3,(H,25,28)/b24-14-. The minimum Gasteiger partial charge on any atom is -0.507 e. The Morgan fingerprint density at radius 3 is 2.63 bits per heavy atom. The van der Waals surface area contributed by atoms with Gasteiger partial charge in [-0.1, -0.05) is 18.2 Å². The van der Waals surface area contributed by atoms with Gasteiger partial charge in [-0.15, -0.1) is 0 Å². The third-order valence-electron chi connectivity index (χ3n) is 4.60. The van der Waals surface area contributed by atoms with Crippen molar-refractivity contribution in [1.82, 2.24) is 9.99 Å². The van der Waals surface area contributed by atoms with Gasteiger partial charge in [0.1, 0.15) is 5.75 Å². The fourth-order valence-electron chi connectivity index (χ4n) is 3.19. The van der Waals surface area contributed by atoms with Crippen LogP contribution in [0.15, 0.2) is 59.7 Å². The van der Waals surface area contributed by atoms with Crippen molar-refractivity contribution >= 4 is 18.1 Å². The van der Waals surface area contributed by atoms with Crippen molar-refractivity contribution in [2.24, 2.45) is 5.10 Å². The highest BCUT2D eigenvalue weighted by Gasteiger charge is 2.13. The van der Waals surface area contributed by atoms with Gasteiger partial charge < -0.3 is 14.4 Å². The Bertz CT molecular complexity index is 1120. The van der Waals surface area contributed by atoms with Crippen LogP contribution in [0.3, 0.4) is 0 Å². The second-order valence-electron chi connectivity index (χ2n) is 6.65. The highest BCUT2D eigenvalue weighted by Crippen LogP contribution is 2.21. The van der Waals surface area contributed by atoms with Gasteiger partial charge in [0, 0.05) is 22.6 Å². The number of phenols is 1. The highest BCUT2D eigenvalue weighted by molar-refractivity contribution is 5.97. The van der Waals surface area contributed by atoms with E-state index < -0.39 is 5.91 Å². The smallest absolute Gasteiger partial charge is 0.338 e. The molecule has 0 aliphatic rings. The summed E-state index contributed by atoms with van der Waals surface area (Å²) < 4.78 is 7.07. The minimum absolute atomic E-state index is 0.107. The third kappa shape index (κ3) is 4.41. The number of hydrazone groups is 1. The number of hydrogen-bond donors (Lipinski definition) is 2. The molecule has 0 bridgehead atoms. The Balaban J connectivity index is 1.82. The van der Waals surface area contributed by atoms with Crippen molar-refractivity contribution in [3.8, 4) is 11.4 Å². The zero-order valence-electron chi connectivity index (χ0n) is 17.0. The number of para-hydroxylation sites is 1. The predicted molar refractivity (Wildman–Crippen MR) is 114 cm³/mol. The molecule has 2 aromatic carbocycles. The van der Waals surface area contributed by atoms with Gasteiger partial charge in [-0.25, -0.2) is 10.2 Å². The van der Waals surface area contributed by atoms with Crippen LogP contribution in [0.1, 0.15) is 44.6 Å². The summed E-state index contributed by atoms with van der Waals surface area (Å²) in [4.78, 5) is 24.2. The van der Waals surface area contributed by atoms with E-state index in [0.717, 1.165) is 22.6 Å². The first-order valence-corrected chi connectivity index (χ1v) is 9.50. The van der Waals surface area contributed by atoms with Crippen LogP contribution >= 0.6 is 0 Å². The normalized spacial score (nSPS) is 10.9. The van der Waals surface area contributed by atoms with Crippen molar-refractivity contribution in [2.75, 3.05) is 6.61 Å². The van der Waals surface area contributed by atoms with Gasteiger partial charge in [-0.05, 0) is 57.2 Å². The van der Waals surface area contributed by atoms with Crippen LogP contribution in [0.5, 0.6) is 5.75 Å². The molecule has 7 nitrogen and oxygen atoms in total. The molecule has 154 valence electrons. The van der Waals surface area contributed by atoms with E-state index in [1.54, 1.807) is 43.5 Å². The fourth-order valence-corrected chi connectivity index (χ4v) is 3.19. The number of aromatic hydroxyl groups is 1. The van der Waals surface area contributed by atoms with Gasteiger partial charge in [0.25, 0.3) is 5.91 Å². The minimum atomic E-state index is -0.500. The molecule has 0 spiro atoms. The Morgan fingerprint density at radius 1 is 1.13 bits per heavy atom. The lowest BCUT2D eigenvalue weighted by Crippen LogP contribution is -2.17. The van der Waals surface area contributed by atoms with Crippen molar-refractivity contribution in [2.45, 2.75) is 20.8 Å². The number of phenolic OH excluding ortho intramolecular Hbond substituents is 1. The second kappa shape index (κ2) is 9.09. The average molecular weight is 405 g/mol. The summed E-state index contributed by atoms with van der Waals surface area (Å²) in [5.74, 6) is -0.972. The molecule has 2 N–H and O–H groups in total. The quantitative estimate of drug-likeness (QED) is 0.371. The third-order valence-corrected chi connectivity index (χ3v) is 4.60. The highest BCUT2D eigenvalue weighted by atomic mass is 16.5. The molecule has 30 heavy (non-hydrogen) atoms. The molecule has 0 aliphatic heterocycles. The number of aryl methyl sites for hydroxylation is 1. The lowest BCUT2D eigenvalue weighted by Gasteiger charge is -2.11. The maximum Gasteiger partial charge on any atom is 0.338 e. The first-order chi connectivity index (χ1) is 14.4. The number of carbonyl (C=O) groups is 2. The van der Waals surface area contributed by atoms with E-state index in [1.165, 1.54) is 12.1 Å². The number of esters is 1. The summed E-state index contributed by atoms with van der Waals surface area (Å²) in [5, 5.41) is 13.8. The average Bonchev–Trinajstić information content (AvgIpc) is 3.01. The van der Waals surface area contributed by atoms with Gasteiger partial charge in [0.2, 0.25) is 0 Å². The van der Waals surface area contributed by atoms with E-state index in [2.05, 4.69) is 10.5 Å². The summed E-state index contributed by atoms with van der Waals surface area (Å²) in [5.41, 5.74) is 6.53. The fraction of sp³-hybridized carbons (Fsp3) is 0.174. The molecule has 7 heteroatoms. The molecule has 3 rings (SSSR count). The number of amides is 1. The molecule has 0 radical (unpaired) electrons. The summed E-state index contributed by atoms with van der Waals surface area (Å²) in [6.07, 6.45) is 1.55. The summed E-state index contributed by atoms with van der Waals surface area (Å²) >= 11 is 0. The van der Waals surface area contributed by atoms with Crippen molar-refractivity contribution in [3.63, 3.8) is 0 Å². The van der Waals surface area contributed by atoms with Crippen LogP contribution in [0.25, 0.3) is 5.69 Å². The van der Waals surface area contributed by atoms with Gasteiger partial charge in [0.15, 0.2) is 0 Å². The molecule has 0 saturated carbocycles. The van der Waals surface area contributed by atoms with Crippen molar-refractivity contribution < 1.29 is 19.4 Å². The van der Waals surface area contributed by atoms with E-state index in [9.17, 15) is 14.7 Å². The van der Waals surface area contributed by atoms with Crippen LogP contribution in [-0.2, 0) is 4.74 Å². The van der Waals surface area contributed by atoms with Crippen LogP contribution in [-0.4, -0.2) is 34.4 Å². The van der Waals surface area contributed by atoms with E-state index in [4.69, 9.17) is 4.74 Å². The molecule has 1 aromatic heterocycles. The predicted octanol–water partition coefficient (Wildman–Crippen LogP) is 3.74. The van der Waals surface area contributed by atoms with E-state index in [-0.39, 0.29) is 17.3 Å². The Hall–Kier alpha value is -3.87. The number of ether oxygens (including phenoxy) is 1. The molecule has 0 unspecified atom stereocenters. The van der Waals surface area contributed by atoms with Gasteiger partial charge >= 0.3 is 5.97 Å². The summed E-state index contributed by atoms with van der Waals surface area (Å²) in [6, 6.07) is 15.4. The molecule has 0 atom stereocenters. The number of carbonyl (C=O) groups excluding carboxylic acids is 2. The topological polar surface area (TPSA) is 92.9 Å². The molecular weight excluding hydrogens is 382 g/mol. The molecule has 0 fully saturated rings. The lowest BCUT2D eigenvalue weighted by molar-refractivity contribution is 0.0526. The SMILES string of the molecule is CCOC(=O)c1cccc(-n2c(C)cc(/C=N\NC(=O)c3ccccc3O)c2C)c1. The maximum absolute atomic E-state index is 12.2. The van der Waals surface area contributed by atoms with Gasteiger partial charge in [-0.3, -0.25) is 4.79 Å². The van der Waals surface area contributed by atoms with Crippen LogP contribution < -0.4 is 5.43 Å². The number of nitrogens with zero attached hydrogens (tertiary/aromatic N) is 2. The van der Waals surface area contributed by atoms with Crippen molar-refractivity contribution in [1.29, 1.82) is 0 Å². The largest absolute Gasteiger partial charge is 0.507 e. The number of nitrogens with one attached hydrogen (secondary N) is 1. The second-order valence-corrected chi connectivity index (χ2v) is 6.65. The summed E-state index contributed by atoms with van der Waals surface area (Å²) in [7, 11) is 0.